The van der Waals surface area contributed by atoms with Crippen molar-refractivity contribution >= 4 is 28.3 Å². The Morgan fingerprint density at radius 1 is 1.56 bits per heavy atom. The molecule has 3 nitrogen and oxygen atoms in total. The smallest absolute Gasteiger partial charge is 0.124 e. The maximum Gasteiger partial charge on any atom is 0.124 e. The number of rotatable bonds is 6. The van der Waals surface area contributed by atoms with Gasteiger partial charge in [-0.3, -0.25) is 0 Å². The van der Waals surface area contributed by atoms with Gasteiger partial charge in [-0.2, -0.15) is 0 Å². The van der Waals surface area contributed by atoms with Crippen LogP contribution in [0.1, 0.15) is 6.92 Å². The van der Waals surface area contributed by atoms with E-state index in [1.807, 2.05) is 29.5 Å². The molecular formula is C11H15FINO2. The van der Waals surface area contributed by atoms with E-state index in [0.717, 1.165) is 9.26 Å². The van der Waals surface area contributed by atoms with E-state index in [9.17, 15) is 9.50 Å². The Balaban J connectivity index is 2.42. The highest BCUT2D eigenvalue weighted by Gasteiger charge is 2.05. The van der Waals surface area contributed by atoms with Gasteiger partial charge in [0.2, 0.25) is 0 Å². The summed E-state index contributed by atoms with van der Waals surface area (Å²) in [6, 6.07) is 4.49. The third kappa shape index (κ3) is 4.63. The number of aliphatic hydroxyl groups is 1. The van der Waals surface area contributed by atoms with Gasteiger partial charge in [-0.1, -0.05) is 0 Å². The van der Waals surface area contributed by atoms with Crippen molar-refractivity contribution in [3.8, 4) is 0 Å². The van der Waals surface area contributed by atoms with Gasteiger partial charge in [0.25, 0.3) is 0 Å². The van der Waals surface area contributed by atoms with Gasteiger partial charge in [0.05, 0.1) is 12.7 Å². The molecule has 0 aliphatic rings. The monoisotopic (exact) mass is 339 g/mol. The molecule has 0 amide bonds. The molecule has 2 N–H and O–H groups in total. The Morgan fingerprint density at radius 2 is 2.31 bits per heavy atom. The van der Waals surface area contributed by atoms with Crippen molar-refractivity contribution < 1.29 is 14.2 Å². The van der Waals surface area contributed by atoms with Crippen molar-refractivity contribution in [2.75, 3.05) is 25.1 Å². The van der Waals surface area contributed by atoms with Gasteiger partial charge in [-0.15, -0.1) is 0 Å². The van der Waals surface area contributed by atoms with Crippen LogP contribution in [0.3, 0.4) is 0 Å². The molecule has 0 radical (unpaired) electrons. The number of benzene rings is 1. The van der Waals surface area contributed by atoms with E-state index in [1.54, 1.807) is 6.07 Å². The molecule has 0 saturated carbocycles. The van der Waals surface area contributed by atoms with Crippen LogP contribution in [-0.4, -0.2) is 31.0 Å². The summed E-state index contributed by atoms with van der Waals surface area (Å²) in [6.07, 6.45) is -0.555. The Kier molecular flexibility index (Phi) is 6.00. The SMILES string of the molecule is CCOCC(O)CNc1ccc(F)cc1I. The molecule has 0 saturated heterocycles. The Bertz CT molecular complexity index is 336. The topological polar surface area (TPSA) is 41.5 Å². The second-order valence-corrected chi connectivity index (χ2v) is 4.48. The van der Waals surface area contributed by atoms with Crippen LogP contribution in [0.5, 0.6) is 0 Å². The lowest BCUT2D eigenvalue weighted by atomic mass is 10.3. The molecule has 1 atom stereocenters. The van der Waals surface area contributed by atoms with Gasteiger partial charge in [0.15, 0.2) is 0 Å². The van der Waals surface area contributed by atoms with Gasteiger partial charge in [0, 0.05) is 22.4 Å². The second kappa shape index (κ2) is 7.03. The molecule has 1 aromatic carbocycles. The van der Waals surface area contributed by atoms with Crippen LogP contribution in [0.4, 0.5) is 10.1 Å². The molecule has 0 heterocycles. The third-order valence-corrected chi connectivity index (χ3v) is 2.87. The molecule has 1 aromatic rings. The van der Waals surface area contributed by atoms with Crippen molar-refractivity contribution in [2.45, 2.75) is 13.0 Å². The van der Waals surface area contributed by atoms with E-state index in [2.05, 4.69) is 5.32 Å². The van der Waals surface area contributed by atoms with Crippen LogP contribution in [0, 0.1) is 9.39 Å². The summed E-state index contributed by atoms with van der Waals surface area (Å²) < 4.78 is 18.7. The van der Waals surface area contributed by atoms with Crippen molar-refractivity contribution in [3.63, 3.8) is 0 Å². The lowest BCUT2D eigenvalue weighted by Gasteiger charge is -2.13. The van der Waals surface area contributed by atoms with Crippen molar-refractivity contribution in [1.29, 1.82) is 0 Å². The minimum absolute atomic E-state index is 0.259. The molecule has 0 fully saturated rings. The van der Waals surface area contributed by atoms with Crippen LogP contribution in [0.2, 0.25) is 0 Å². The number of hydrogen-bond acceptors (Lipinski definition) is 3. The maximum absolute atomic E-state index is 12.8. The number of hydrogen-bond donors (Lipinski definition) is 2. The molecule has 0 spiro atoms. The first-order valence-corrected chi connectivity index (χ1v) is 6.16. The van der Waals surface area contributed by atoms with Crippen LogP contribution in [0.25, 0.3) is 0 Å². The number of nitrogens with one attached hydrogen (secondary N) is 1. The van der Waals surface area contributed by atoms with E-state index in [0.29, 0.717) is 19.8 Å². The number of halogens is 2. The summed E-state index contributed by atoms with van der Waals surface area (Å²) in [5.74, 6) is -0.259. The van der Waals surface area contributed by atoms with Gasteiger partial charge < -0.3 is 15.2 Å². The molecule has 0 aliphatic heterocycles. The average Bonchev–Trinajstić information content (AvgIpc) is 2.25. The van der Waals surface area contributed by atoms with E-state index in [4.69, 9.17) is 4.74 Å². The Hall–Kier alpha value is -0.400. The minimum Gasteiger partial charge on any atom is -0.389 e. The maximum atomic E-state index is 12.8. The molecule has 16 heavy (non-hydrogen) atoms. The summed E-state index contributed by atoms with van der Waals surface area (Å²) >= 11 is 2.05. The highest BCUT2D eigenvalue weighted by Crippen LogP contribution is 2.18. The summed E-state index contributed by atoms with van der Waals surface area (Å²) in [4.78, 5) is 0. The average molecular weight is 339 g/mol. The van der Waals surface area contributed by atoms with Crippen LogP contribution in [0.15, 0.2) is 18.2 Å². The molecule has 0 bridgehead atoms. The number of anilines is 1. The van der Waals surface area contributed by atoms with E-state index >= 15 is 0 Å². The number of ether oxygens (including phenoxy) is 1. The lowest BCUT2D eigenvalue weighted by molar-refractivity contribution is 0.0496. The fourth-order valence-electron chi connectivity index (χ4n) is 1.17. The standard InChI is InChI=1S/C11H15FINO2/c1-2-16-7-9(15)6-14-11-4-3-8(12)5-10(11)13/h3-5,9,14-15H,2,6-7H2,1H3. The van der Waals surface area contributed by atoms with Crippen LogP contribution >= 0.6 is 22.6 Å². The molecule has 5 heteroatoms. The van der Waals surface area contributed by atoms with Crippen molar-refractivity contribution in [1.82, 2.24) is 0 Å². The van der Waals surface area contributed by atoms with Crippen molar-refractivity contribution in [2.24, 2.45) is 0 Å². The Morgan fingerprint density at radius 3 is 2.94 bits per heavy atom. The minimum atomic E-state index is -0.555. The molecule has 0 aliphatic carbocycles. The largest absolute Gasteiger partial charge is 0.389 e. The molecule has 0 aromatic heterocycles. The molecule has 1 unspecified atom stereocenters. The fourth-order valence-corrected chi connectivity index (χ4v) is 1.84. The number of aliphatic hydroxyl groups excluding tert-OH is 1. The molecule has 1 rings (SSSR count). The normalized spacial score (nSPS) is 12.5. The van der Waals surface area contributed by atoms with Gasteiger partial charge >= 0.3 is 0 Å². The highest BCUT2D eigenvalue weighted by atomic mass is 127. The molecule has 90 valence electrons. The van der Waals surface area contributed by atoms with E-state index in [1.165, 1.54) is 12.1 Å². The first kappa shape index (κ1) is 13.7. The zero-order valence-corrected chi connectivity index (χ0v) is 11.2. The summed E-state index contributed by atoms with van der Waals surface area (Å²) in [7, 11) is 0. The Labute approximate surface area is 108 Å². The highest BCUT2D eigenvalue weighted by molar-refractivity contribution is 14.1. The predicted molar refractivity (Wildman–Crippen MR) is 70.1 cm³/mol. The summed E-state index contributed by atoms with van der Waals surface area (Å²) in [5, 5.41) is 12.6. The van der Waals surface area contributed by atoms with Crippen molar-refractivity contribution in [3.05, 3.63) is 27.6 Å². The summed E-state index contributed by atoms with van der Waals surface area (Å²) in [6.45, 7) is 3.16. The second-order valence-electron chi connectivity index (χ2n) is 3.32. The van der Waals surface area contributed by atoms with Gasteiger partial charge in [-0.05, 0) is 47.7 Å². The first-order chi connectivity index (χ1) is 7.63. The van der Waals surface area contributed by atoms with E-state index in [-0.39, 0.29) is 5.82 Å². The van der Waals surface area contributed by atoms with Crippen LogP contribution < -0.4 is 5.32 Å². The van der Waals surface area contributed by atoms with Gasteiger partial charge in [0.1, 0.15) is 5.82 Å². The van der Waals surface area contributed by atoms with Crippen LogP contribution in [-0.2, 0) is 4.74 Å². The summed E-state index contributed by atoms with van der Waals surface area (Å²) in [5.41, 5.74) is 0.817. The zero-order chi connectivity index (χ0) is 12.0. The predicted octanol–water partition coefficient (Wildman–Crippen LogP) is 2.24. The van der Waals surface area contributed by atoms with E-state index < -0.39 is 6.10 Å². The quantitative estimate of drug-likeness (QED) is 0.781. The lowest BCUT2D eigenvalue weighted by Crippen LogP contribution is -2.25. The third-order valence-electron chi connectivity index (χ3n) is 1.97. The fraction of sp³-hybridized carbons (Fsp3) is 0.455. The zero-order valence-electron chi connectivity index (χ0n) is 9.04. The molecular weight excluding hydrogens is 324 g/mol. The van der Waals surface area contributed by atoms with Gasteiger partial charge in [-0.25, -0.2) is 4.39 Å². The first-order valence-electron chi connectivity index (χ1n) is 5.08.